The summed E-state index contributed by atoms with van der Waals surface area (Å²) in [5.74, 6) is -0.274. The van der Waals surface area contributed by atoms with Crippen molar-refractivity contribution in [2.75, 3.05) is 5.32 Å². The van der Waals surface area contributed by atoms with Crippen LogP contribution in [0.1, 0.15) is 27.2 Å². The van der Waals surface area contributed by atoms with Crippen LogP contribution < -0.4 is 5.32 Å². The van der Waals surface area contributed by atoms with Gasteiger partial charge < -0.3 is 10.4 Å². The van der Waals surface area contributed by atoms with E-state index >= 15 is 0 Å². The molecular formula is C19H18BrN3O2. The second kappa shape index (κ2) is 6.72. The highest BCUT2D eigenvalue weighted by molar-refractivity contribution is 9.10. The Morgan fingerprint density at radius 1 is 1.08 bits per heavy atom. The van der Waals surface area contributed by atoms with Crippen molar-refractivity contribution in [1.29, 1.82) is 0 Å². The van der Waals surface area contributed by atoms with E-state index in [4.69, 9.17) is 0 Å². The smallest absolute Gasteiger partial charge is 0.337 e. The molecule has 3 aromatic rings. The van der Waals surface area contributed by atoms with Crippen molar-refractivity contribution in [2.24, 2.45) is 0 Å². The highest BCUT2D eigenvalue weighted by Crippen LogP contribution is 2.34. The fourth-order valence-corrected chi connectivity index (χ4v) is 3.07. The van der Waals surface area contributed by atoms with Gasteiger partial charge in [-0.05, 0) is 60.0 Å². The summed E-state index contributed by atoms with van der Waals surface area (Å²) in [4.78, 5) is 11.6. The summed E-state index contributed by atoms with van der Waals surface area (Å²) in [5.41, 5.74) is 4.46. The minimum atomic E-state index is -0.971. The second-order valence-electron chi connectivity index (χ2n) is 5.87. The van der Waals surface area contributed by atoms with Crippen molar-refractivity contribution in [3.8, 4) is 5.69 Å². The fourth-order valence-electron chi connectivity index (χ4n) is 2.72. The SMILES string of the molecule is Cc1ccccc1-n1nc(C)c(Br)c1Nc1c(C)cccc1C(=O)O. The fraction of sp³-hybridized carbons (Fsp3) is 0.158. The molecule has 0 saturated carbocycles. The average Bonchev–Trinajstić information content (AvgIpc) is 2.85. The Bertz CT molecular complexity index is 963. The molecule has 1 heterocycles. The van der Waals surface area contributed by atoms with Crippen molar-refractivity contribution < 1.29 is 9.90 Å². The molecule has 2 aromatic carbocycles. The molecule has 0 atom stereocenters. The number of nitrogens with one attached hydrogen (secondary N) is 1. The molecule has 0 amide bonds. The summed E-state index contributed by atoms with van der Waals surface area (Å²) >= 11 is 3.57. The molecule has 3 rings (SSSR count). The lowest BCUT2D eigenvalue weighted by Crippen LogP contribution is -2.09. The standard InChI is InChI=1S/C19H18BrN3O2/c1-11-7-4-5-10-15(11)23-18(16(20)13(3)22-23)21-17-12(2)8-6-9-14(17)19(24)25/h4-10,21H,1-3H3,(H,24,25). The Labute approximate surface area is 154 Å². The van der Waals surface area contributed by atoms with Gasteiger partial charge in [0.05, 0.1) is 27.1 Å². The Morgan fingerprint density at radius 3 is 2.44 bits per heavy atom. The lowest BCUT2D eigenvalue weighted by Gasteiger charge is -2.15. The number of nitrogens with zero attached hydrogens (tertiary/aromatic N) is 2. The van der Waals surface area contributed by atoms with Crippen LogP contribution in [0.4, 0.5) is 11.5 Å². The zero-order valence-corrected chi connectivity index (χ0v) is 15.8. The second-order valence-corrected chi connectivity index (χ2v) is 6.67. The number of hydrogen-bond donors (Lipinski definition) is 2. The molecule has 0 saturated heterocycles. The first-order valence-electron chi connectivity index (χ1n) is 7.81. The van der Waals surface area contributed by atoms with Crippen LogP contribution >= 0.6 is 15.9 Å². The molecule has 0 bridgehead atoms. The topological polar surface area (TPSA) is 67.2 Å². The number of carbonyl (C=O) groups is 1. The lowest BCUT2D eigenvalue weighted by molar-refractivity contribution is 0.0698. The Kier molecular flexibility index (Phi) is 4.63. The van der Waals surface area contributed by atoms with Crippen molar-refractivity contribution in [3.05, 3.63) is 69.3 Å². The normalized spacial score (nSPS) is 10.7. The third-order valence-corrected chi connectivity index (χ3v) is 5.03. The van der Waals surface area contributed by atoms with E-state index in [9.17, 15) is 9.90 Å². The number of aromatic nitrogens is 2. The van der Waals surface area contributed by atoms with E-state index in [1.807, 2.05) is 51.1 Å². The summed E-state index contributed by atoms with van der Waals surface area (Å²) < 4.78 is 2.60. The Balaban J connectivity index is 2.18. The van der Waals surface area contributed by atoms with E-state index in [-0.39, 0.29) is 5.56 Å². The van der Waals surface area contributed by atoms with Crippen LogP contribution in [-0.4, -0.2) is 20.9 Å². The van der Waals surface area contributed by atoms with E-state index in [1.54, 1.807) is 16.8 Å². The Morgan fingerprint density at radius 2 is 1.76 bits per heavy atom. The molecule has 128 valence electrons. The zero-order valence-electron chi connectivity index (χ0n) is 14.2. The number of para-hydroxylation sites is 2. The van der Waals surface area contributed by atoms with Gasteiger partial charge in [-0.3, -0.25) is 0 Å². The van der Waals surface area contributed by atoms with Crippen LogP contribution in [0.25, 0.3) is 5.69 Å². The van der Waals surface area contributed by atoms with Crippen LogP contribution in [0, 0.1) is 20.8 Å². The molecule has 25 heavy (non-hydrogen) atoms. The van der Waals surface area contributed by atoms with Crippen molar-refractivity contribution in [1.82, 2.24) is 9.78 Å². The summed E-state index contributed by atoms with van der Waals surface area (Å²) in [5, 5.41) is 17.4. The maximum atomic E-state index is 11.6. The first kappa shape index (κ1) is 17.2. The zero-order chi connectivity index (χ0) is 18.1. The molecule has 0 radical (unpaired) electrons. The van der Waals surface area contributed by atoms with Crippen LogP contribution in [0.3, 0.4) is 0 Å². The van der Waals surface area contributed by atoms with Gasteiger partial charge in [0.15, 0.2) is 0 Å². The number of anilines is 2. The van der Waals surface area contributed by atoms with Gasteiger partial charge in [0.2, 0.25) is 0 Å². The number of rotatable bonds is 4. The minimum Gasteiger partial charge on any atom is -0.478 e. The van der Waals surface area contributed by atoms with Crippen molar-refractivity contribution >= 4 is 33.4 Å². The third-order valence-electron chi connectivity index (χ3n) is 4.08. The molecule has 0 fully saturated rings. The molecule has 0 aliphatic heterocycles. The number of aryl methyl sites for hydroxylation is 3. The van der Waals surface area contributed by atoms with Crippen LogP contribution in [0.2, 0.25) is 0 Å². The molecule has 1 aromatic heterocycles. The molecule has 0 spiro atoms. The number of aromatic carboxylic acids is 1. The first-order valence-corrected chi connectivity index (χ1v) is 8.60. The van der Waals surface area contributed by atoms with Crippen LogP contribution in [0.5, 0.6) is 0 Å². The van der Waals surface area contributed by atoms with Gasteiger partial charge >= 0.3 is 5.97 Å². The summed E-state index contributed by atoms with van der Waals surface area (Å²) in [6.07, 6.45) is 0. The van der Waals surface area contributed by atoms with Crippen molar-refractivity contribution in [2.45, 2.75) is 20.8 Å². The quantitative estimate of drug-likeness (QED) is 0.647. The van der Waals surface area contributed by atoms with Gasteiger partial charge in [0.1, 0.15) is 5.82 Å². The molecule has 0 unspecified atom stereocenters. The number of benzene rings is 2. The van der Waals surface area contributed by atoms with Crippen molar-refractivity contribution in [3.63, 3.8) is 0 Å². The summed E-state index contributed by atoms with van der Waals surface area (Å²) in [6.45, 7) is 5.80. The van der Waals surface area contributed by atoms with E-state index in [0.717, 1.165) is 27.0 Å². The number of halogens is 1. The van der Waals surface area contributed by atoms with Gasteiger partial charge in [-0.2, -0.15) is 5.10 Å². The third kappa shape index (κ3) is 3.17. The molecule has 0 aliphatic carbocycles. The van der Waals surface area contributed by atoms with E-state index < -0.39 is 5.97 Å². The highest BCUT2D eigenvalue weighted by atomic mass is 79.9. The highest BCUT2D eigenvalue weighted by Gasteiger charge is 2.19. The molecule has 6 heteroatoms. The van der Waals surface area contributed by atoms with Gasteiger partial charge in [-0.15, -0.1) is 0 Å². The van der Waals surface area contributed by atoms with E-state index in [1.165, 1.54) is 0 Å². The number of carboxylic acid groups (broad SMARTS) is 1. The monoisotopic (exact) mass is 399 g/mol. The average molecular weight is 400 g/mol. The Hall–Kier alpha value is -2.60. The number of hydrogen-bond acceptors (Lipinski definition) is 3. The van der Waals surface area contributed by atoms with Gasteiger partial charge in [0.25, 0.3) is 0 Å². The van der Waals surface area contributed by atoms with Crippen LogP contribution in [-0.2, 0) is 0 Å². The lowest BCUT2D eigenvalue weighted by atomic mass is 10.1. The molecule has 2 N–H and O–H groups in total. The van der Waals surface area contributed by atoms with Gasteiger partial charge in [-0.1, -0.05) is 30.3 Å². The molecular weight excluding hydrogens is 382 g/mol. The maximum Gasteiger partial charge on any atom is 0.337 e. The van der Waals surface area contributed by atoms with E-state index in [2.05, 4.69) is 26.3 Å². The van der Waals surface area contributed by atoms with Gasteiger partial charge in [-0.25, -0.2) is 9.48 Å². The minimum absolute atomic E-state index is 0.224. The number of carboxylic acids is 1. The predicted octanol–water partition coefficient (Wildman–Crippen LogP) is 5.00. The summed E-state index contributed by atoms with van der Waals surface area (Å²) in [6, 6.07) is 13.1. The maximum absolute atomic E-state index is 11.6. The molecule has 0 aliphatic rings. The largest absolute Gasteiger partial charge is 0.478 e. The first-order chi connectivity index (χ1) is 11.9. The molecule has 5 nitrogen and oxygen atoms in total. The van der Waals surface area contributed by atoms with E-state index in [0.29, 0.717) is 11.5 Å². The summed E-state index contributed by atoms with van der Waals surface area (Å²) in [7, 11) is 0. The van der Waals surface area contributed by atoms with Gasteiger partial charge in [0, 0.05) is 0 Å². The predicted molar refractivity (Wildman–Crippen MR) is 102 cm³/mol. The van der Waals surface area contributed by atoms with Crippen LogP contribution in [0.15, 0.2) is 46.9 Å².